The number of aromatic nitrogens is 1. The van der Waals surface area contributed by atoms with Crippen LogP contribution in [0.15, 0.2) is 60.8 Å². The molecule has 0 aliphatic carbocycles. The van der Waals surface area contributed by atoms with Gasteiger partial charge >= 0.3 is 6.03 Å². The molecular formula is C27H21FN4O4. The van der Waals surface area contributed by atoms with Crippen LogP contribution in [-0.2, 0) is 16.9 Å². The number of amides is 4. The molecule has 2 aromatic carbocycles. The Bertz CT molecular complexity index is 1430. The van der Waals surface area contributed by atoms with Crippen LogP contribution in [0.25, 0.3) is 11.3 Å². The van der Waals surface area contributed by atoms with Crippen LogP contribution < -0.4 is 15.4 Å². The number of pyridine rings is 1. The number of hydrogen-bond acceptors (Lipinski definition) is 5. The summed E-state index contributed by atoms with van der Waals surface area (Å²) in [4.78, 5) is 44.1. The van der Waals surface area contributed by atoms with Gasteiger partial charge in [0.05, 0.1) is 18.4 Å². The minimum absolute atomic E-state index is 0.0657. The van der Waals surface area contributed by atoms with Crippen molar-refractivity contribution in [3.63, 3.8) is 0 Å². The Labute approximate surface area is 206 Å². The average Bonchev–Trinajstić information content (AvgIpc) is 3.34. The predicted molar refractivity (Wildman–Crippen MR) is 128 cm³/mol. The molecule has 0 bridgehead atoms. The number of hydrogen-bond donors (Lipinski definition) is 2. The third kappa shape index (κ3) is 4.14. The van der Waals surface area contributed by atoms with Crippen LogP contribution in [0.4, 0.5) is 9.18 Å². The van der Waals surface area contributed by atoms with Crippen molar-refractivity contribution in [3.05, 3.63) is 83.3 Å². The molecule has 0 radical (unpaired) electrons. The second-order valence-electron chi connectivity index (χ2n) is 8.45. The first-order valence-corrected chi connectivity index (χ1v) is 11.2. The standard InChI is InChI=1S/C27H21FN4O4/c1-2-3-12-36-21-10-6-18-15-32(24(33)22(18)13-21)16-27(25(34)30-26(35)31-27)19-7-4-17(5-8-19)23-11-9-20(28)14-29-23/h4-11,13-14H,12,15-16H2,1H3,(H2,30,31,34,35)/t27-/m0/s1. The molecule has 0 saturated carbocycles. The summed E-state index contributed by atoms with van der Waals surface area (Å²) in [7, 11) is 0. The number of imide groups is 1. The molecule has 1 saturated heterocycles. The van der Waals surface area contributed by atoms with E-state index in [-0.39, 0.29) is 25.6 Å². The lowest BCUT2D eigenvalue weighted by atomic mass is 9.88. The van der Waals surface area contributed by atoms with E-state index in [9.17, 15) is 18.8 Å². The predicted octanol–water partition coefficient (Wildman–Crippen LogP) is 2.98. The third-order valence-corrected chi connectivity index (χ3v) is 6.22. The molecule has 3 heterocycles. The van der Waals surface area contributed by atoms with E-state index in [1.54, 1.807) is 49.4 Å². The van der Waals surface area contributed by atoms with Crippen LogP contribution in [0, 0.1) is 17.7 Å². The van der Waals surface area contributed by atoms with E-state index >= 15 is 0 Å². The Balaban J connectivity index is 1.42. The minimum Gasteiger partial charge on any atom is -0.481 e. The average molecular weight is 484 g/mol. The van der Waals surface area contributed by atoms with E-state index in [0.29, 0.717) is 28.1 Å². The monoisotopic (exact) mass is 484 g/mol. The van der Waals surface area contributed by atoms with Crippen molar-refractivity contribution >= 4 is 17.8 Å². The van der Waals surface area contributed by atoms with Crippen LogP contribution in [0.3, 0.4) is 0 Å². The number of carbonyl (C=O) groups excluding carboxylic acids is 3. The molecule has 36 heavy (non-hydrogen) atoms. The quantitative estimate of drug-likeness (QED) is 0.414. The molecule has 1 atom stereocenters. The minimum atomic E-state index is -1.47. The molecule has 1 fully saturated rings. The Kier molecular flexibility index (Phi) is 5.86. The Morgan fingerprint density at radius 1 is 1.11 bits per heavy atom. The smallest absolute Gasteiger partial charge is 0.322 e. The number of halogens is 1. The van der Waals surface area contributed by atoms with Crippen LogP contribution in [0.2, 0.25) is 0 Å². The highest BCUT2D eigenvalue weighted by Crippen LogP contribution is 2.33. The maximum Gasteiger partial charge on any atom is 0.322 e. The van der Waals surface area contributed by atoms with Crippen molar-refractivity contribution in [2.75, 3.05) is 13.2 Å². The fraction of sp³-hybridized carbons (Fsp3) is 0.185. The zero-order chi connectivity index (χ0) is 25.3. The van der Waals surface area contributed by atoms with Gasteiger partial charge in [-0.15, -0.1) is 5.92 Å². The van der Waals surface area contributed by atoms with Crippen LogP contribution in [0.5, 0.6) is 5.75 Å². The number of nitrogens with one attached hydrogen (secondary N) is 2. The molecule has 2 aliphatic rings. The number of ether oxygens (including phenoxy) is 1. The van der Waals surface area contributed by atoms with Crippen molar-refractivity contribution in [1.29, 1.82) is 0 Å². The van der Waals surface area contributed by atoms with Gasteiger partial charge in [0.2, 0.25) is 0 Å². The summed E-state index contributed by atoms with van der Waals surface area (Å²) in [6.07, 6.45) is 1.12. The Hall–Kier alpha value is -4.71. The number of carbonyl (C=O) groups is 3. The van der Waals surface area contributed by atoms with Gasteiger partial charge in [0.25, 0.3) is 11.8 Å². The second-order valence-corrected chi connectivity index (χ2v) is 8.45. The number of benzene rings is 2. The fourth-order valence-electron chi connectivity index (χ4n) is 4.41. The Morgan fingerprint density at radius 3 is 2.58 bits per heavy atom. The molecule has 4 amide bonds. The molecule has 5 rings (SSSR count). The topological polar surface area (TPSA) is 101 Å². The summed E-state index contributed by atoms with van der Waals surface area (Å²) >= 11 is 0. The van der Waals surface area contributed by atoms with E-state index in [1.165, 1.54) is 11.0 Å². The third-order valence-electron chi connectivity index (χ3n) is 6.22. The first kappa shape index (κ1) is 23.1. The highest BCUT2D eigenvalue weighted by atomic mass is 19.1. The maximum absolute atomic E-state index is 13.3. The highest BCUT2D eigenvalue weighted by Gasteiger charge is 2.50. The molecule has 3 aromatic rings. The van der Waals surface area contributed by atoms with Gasteiger partial charge in [-0.05, 0) is 42.3 Å². The molecule has 180 valence electrons. The van der Waals surface area contributed by atoms with E-state index in [0.717, 1.165) is 11.8 Å². The van der Waals surface area contributed by atoms with Crippen molar-refractivity contribution in [2.24, 2.45) is 0 Å². The number of fused-ring (bicyclic) bond motifs is 1. The summed E-state index contributed by atoms with van der Waals surface area (Å²) in [5.41, 5.74) is 1.58. The first-order valence-electron chi connectivity index (χ1n) is 11.2. The molecule has 2 aliphatic heterocycles. The van der Waals surface area contributed by atoms with Crippen molar-refractivity contribution < 1.29 is 23.5 Å². The molecule has 0 unspecified atom stereocenters. The van der Waals surface area contributed by atoms with Crippen molar-refractivity contribution in [1.82, 2.24) is 20.5 Å². The lowest BCUT2D eigenvalue weighted by molar-refractivity contribution is -0.124. The summed E-state index contributed by atoms with van der Waals surface area (Å²) in [5.74, 6) is 4.83. The van der Waals surface area contributed by atoms with Gasteiger partial charge in [-0.1, -0.05) is 36.3 Å². The highest BCUT2D eigenvalue weighted by molar-refractivity contribution is 6.08. The van der Waals surface area contributed by atoms with E-state index in [4.69, 9.17) is 4.74 Å². The number of urea groups is 1. The van der Waals surface area contributed by atoms with Gasteiger partial charge in [-0.3, -0.25) is 19.9 Å². The van der Waals surface area contributed by atoms with Crippen molar-refractivity contribution in [2.45, 2.75) is 19.0 Å². The van der Waals surface area contributed by atoms with Crippen molar-refractivity contribution in [3.8, 4) is 28.8 Å². The molecular weight excluding hydrogens is 463 g/mol. The fourth-order valence-corrected chi connectivity index (χ4v) is 4.41. The molecule has 8 nitrogen and oxygen atoms in total. The van der Waals surface area contributed by atoms with Gasteiger partial charge < -0.3 is 15.0 Å². The lowest BCUT2D eigenvalue weighted by Crippen LogP contribution is -2.52. The van der Waals surface area contributed by atoms with Crippen LogP contribution in [0.1, 0.15) is 28.4 Å². The molecule has 9 heteroatoms. The van der Waals surface area contributed by atoms with Crippen LogP contribution in [-0.4, -0.2) is 40.9 Å². The van der Waals surface area contributed by atoms with Gasteiger partial charge in [0.15, 0.2) is 5.54 Å². The summed E-state index contributed by atoms with van der Waals surface area (Å²) < 4.78 is 18.8. The van der Waals surface area contributed by atoms with Crippen LogP contribution >= 0.6 is 0 Å². The summed E-state index contributed by atoms with van der Waals surface area (Å²) in [5, 5.41) is 5.01. The van der Waals surface area contributed by atoms with Gasteiger partial charge in [0.1, 0.15) is 18.2 Å². The number of nitrogens with zero attached hydrogens (tertiary/aromatic N) is 2. The normalized spacial score (nSPS) is 18.3. The molecule has 0 spiro atoms. The summed E-state index contributed by atoms with van der Waals surface area (Å²) in [6, 6.07) is 14.3. The van der Waals surface area contributed by atoms with Gasteiger partial charge in [-0.2, -0.15) is 0 Å². The first-order chi connectivity index (χ1) is 17.4. The molecule has 1 aromatic heterocycles. The molecule has 2 N–H and O–H groups in total. The van der Waals surface area contributed by atoms with Gasteiger partial charge in [-0.25, -0.2) is 9.18 Å². The number of rotatable bonds is 6. The Morgan fingerprint density at radius 2 is 1.92 bits per heavy atom. The second kappa shape index (κ2) is 9.15. The summed E-state index contributed by atoms with van der Waals surface area (Å²) in [6.45, 7) is 2.15. The van der Waals surface area contributed by atoms with Gasteiger partial charge in [0, 0.05) is 17.7 Å². The van der Waals surface area contributed by atoms with E-state index in [2.05, 4.69) is 27.5 Å². The zero-order valence-electron chi connectivity index (χ0n) is 19.3. The largest absolute Gasteiger partial charge is 0.481 e. The SMILES string of the molecule is CC#CCOc1ccc2c(c1)C(=O)N(C[C@@]1(c3ccc(-c4ccc(F)cn4)cc3)NC(=O)NC1=O)C2. The van der Waals surface area contributed by atoms with E-state index in [1.807, 2.05) is 6.07 Å². The van der Waals surface area contributed by atoms with E-state index < -0.39 is 23.3 Å². The maximum atomic E-state index is 13.3. The lowest BCUT2D eigenvalue weighted by Gasteiger charge is -2.31. The zero-order valence-corrected chi connectivity index (χ0v) is 19.3.